The van der Waals surface area contributed by atoms with Crippen LogP contribution in [0.25, 0.3) is 0 Å². The summed E-state index contributed by atoms with van der Waals surface area (Å²) in [6.07, 6.45) is 3.18. The molecule has 23 nitrogen and oxygen atoms in total. The van der Waals surface area contributed by atoms with Crippen molar-refractivity contribution < 1.29 is 57.8 Å². The van der Waals surface area contributed by atoms with E-state index in [1.165, 1.54) is 80.8 Å². The van der Waals surface area contributed by atoms with Gasteiger partial charge in [-0.3, -0.25) is 52.7 Å². The molecule has 0 saturated carbocycles. The number of aliphatic hydroxyl groups is 1. The molecule has 0 bridgehead atoms. The molecular weight excluding hydrogens is 1130 g/mol. The SMILES string of the molecule is C/C=C/C[C@@H](C)[C@@H](O)[C@H]1C(=O)N[C@@H](CC)C(=O)N(C)CC(=O)N(C)[C@H](C(C)C)C(=O)N[C@@H](CC(C)C)C(=O)N(C)[C@@H](CC(C)C)C(=O)N[C@@H](CC(C)C)C(=O)N[C@H](C)C(=O)N(C)[C@@H](CC(C)C)C(=O)N(C)[C@@H](CC(C)C)C(=O)N(C)[C@@H](C(C)C)C(=O)N1C. The zero-order valence-electron chi connectivity index (χ0n) is 58.3. The van der Waals surface area contributed by atoms with Gasteiger partial charge in [-0.25, -0.2) is 0 Å². The fourth-order valence-electron chi connectivity index (χ4n) is 11.5. The van der Waals surface area contributed by atoms with Crippen molar-refractivity contribution in [2.75, 3.05) is 55.9 Å². The van der Waals surface area contributed by atoms with E-state index in [4.69, 9.17) is 0 Å². The fraction of sp³-hybridized carbons (Fsp3) is 0.800. The molecule has 1 heterocycles. The Hall–Kier alpha value is -6.13. The van der Waals surface area contributed by atoms with E-state index in [-0.39, 0.29) is 68.1 Å². The number of hydrogen-bond acceptors (Lipinski definition) is 12. The van der Waals surface area contributed by atoms with Crippen LogP contribution < -0.4 is 21.3 Å². The lowest BCUT2D eigenvalue weighted by Gasteiger charge is -2.41. The van der Waals surface area contributed by atoms with Crippen LogP contribution in [0.1, 0.15) is 170 Å². The van der Waals surface area contributed by atoms with E-state index in [0.29, 0.717) is 6.42 Å². The summed E-state index contributed by atoms with van der Waals surface area (Å²) in [6.45, 7) is 31.8. The van der Waals surface area contributed by atoms with Crippen molar-refractivity contribution in [1.29, 1.82) is 0 Å². The Kier molecular flexibility index (Phi) is 33.1. The molecule has 0 unspecified atom stereocenters. The predicted molar refractivity (Wildman–Crippen MR) is 342 cm³/mol. The Morgan fingerprint density at radius 2 is 0.830 bits per heavy atom. The highest BCUT2D eigenvalue weighted by Crippen LogP contribution is 2.26. The number of likely N-dealkylation sites (N-methyl/N-ethyl adjacent to an activating group) is 7. The first kappa shape index (κ1) is 79.9. The lowest BCUT2D eigenvalue weighted by Crippen LogP contribution is -2.63. The van der Waals surface area contributed by atoms with Gasteiger partial charge in [-0.15, -0.1) is 0 Å². The molecule has 1 saturated heterocycles. The van der Waals surface area contributed by atoms with Crippen molar-refractivity contribution >= 4 is 65.0 Å². The van der Waals surface area contributed by atoms with Crippen molar-refractivity contribution in [3.8, 4) is 0 Å². The van der Waals surface area contributed by atoms with E-state index in [1.54, 1.807) is 54.5 Å². The van der Waals surface area contributed by atoms with Crippen molar-refractivity contribution in [3.05, 3.63) is 12.2 Å². The molecule has 0 aromatic carbocycles. The third kappa shape index (κ3) is 22.7. The lowest BCUT2D eigenvalue weighted by molar-refractivity contribution is -0.157. The minimum absolute atomic E-state index is 0.0217. The second-order valence-electron chi connectivity index (χ2n) is 27.6. The zero-order valence-corrected chi connectivity index (χ0v) is 58.3. The smallest absolute Gasteiger partial charge is 0.246 e. The van der Waals surface area contributed by atoms with Crippen LogP contribution in [0.2, 0.25) is 0 Å². The molecule has 1 fully saturated rings. The van der Waals surface area contributed by atoms with E-state index in [1.807, 2.05) is 75.3 Å². The van der Waals surface area contributed by atoms with E-state index >= 15 is 14.4 Å². The molecule has 1 rings (SSSR count). The summed E-state index contributed by atoms with van der Waals surface area (Å²) in [5, 5.41) is 23.4. The summed E-state index contributed by atoms with van der Waals surface area (Å²) in [4.78, 5) is 170. The summed E-state index contributed by atoms with van der Waals surface area (Å²) < 4.78 is 0. The highest BCUT2D eigenvalue weighted by Gasteiger charge is 2.46. The third-order valence-corrected chi connectivity index (χ3v) is 16.6. The summed E-state index contributed by atoms with van der Waals surface area (Å²) in [7, 11) is 9.97. The number of hydrogen-bond donors (Lipinski definition) is 5. The predicted octanol–water partition coefficient (Wildman–Crippen LogP) is 4.30. The van der Waals surface area contributed by atoms with Crippen LogP contribution in [0.5, 0.6) is 0 Å². The molecule has 0 aliphatic carbocycles. The zero-order chi connectivity index (χ0) is 68.3. The molecular formula is C65H117N11O12. The highest BCUT2D eigenvalue weighted by molar-refractivity contribution is 5.99. The molecule has 88 heavy (non-hydrogen) atoms. The number of nitrogens with one attached hydrogen (secondary N) is 4. The molecule has 0 spiro atoms. The van der Waals surface area contributed by atoms with Gasteiger partial charge in [0.15, 0.2) is 0 Å². The van der Waals surface area contributed by atoms with E-state index in [2.05, 4.69) is 21.3 Å². The Balaban J connectivity index is 4.41. The van der Waals surface area contributed by atoms with Crippen LogP contribution in [0.4, 0.5) is 0 Å². The molecule has 1 aliphatic heterocycles. The fourth-order valence-corrected chi connectivity index (χ4v) is 11.5. The van der Waals surface area contributed by atoms with Gasteiger partial charge in [-0.2, -0.15) is 0 Å². The Morgan fingerprint density at radius 3 is 1.28 bits per heavy atom. The largest absolute Gasteiger partial charge is 0.390 e. The van der Waals surface area contributed by atoms with Gasteiger partial charge < -0.3 is 60.7 Å². The maximum absolute atomic E-state index is 15.2. The van der Waals surface area contributed by atoms with Gasteiger partial charge in [0.25, 0.3) is 0 Å². The number of aliphatic hydroxyl groups excluding tert-OH is 1. The van der Waals surface area contributed by atoms with Gasteiger partial charge in [0.1, 0.15) is 60.4 Å². The Bertz CT molecular complexity index is 2390. The summed E-state index contributed by atoms with van der Waals surface area (Å²) in [6, 6.07) is -12.3. The number of rotatable bonds is 17. The number of carbonyl (C=O) groups excluding carboxylic acids is 11. The van der Waals surface area contributed by atoms with Crippen LogP contribution in [-0.4, -0.2) is 227 Å². The minimum Gasteiger partial charge on any atom is -0.390 e. The number of nitrogens with zero attached hydrogens (tertiary/aromatic N) is 7. The summed E-state index contributed by atoms with van der Waals surface area (Å²) >= 11 is 0. The molecule has 12 atom stereocenters. The first-order valence-electron chi connectivity index (χ1n) is 32.0. The molecule has 0 aromatic heterocycles. The maximum atomic E-state index is 15.2. The topological polar surface area (TPSA) is 279 Å². The number of amides is 11. The van der Waals surface area contributed by atoms with Gasteiger partial charge in [-0.1, -0.05) is 123 Å². The summed E-state index contributed by atoms with van der Waals surface area (Å²) in [5.41, 5.74) is 0. The molecule has 0 radical (unpaired) electrons. The van der Waals surface area contributed by atoms with E-state index < -0.39 is 156 Å². The average molecular weight is 1240 g/mol. The molecule has 1 aliphatic rings. The second-order valence-corrected chi connectivity index (χ2v) is 27.6. The monoisotopic (exact) mass is 1240 g/mol. The van der Waals surface area contributed by atoms with Crippen LogP contribution in [0.15, 0.2) is 12.2 Å². The Morgan fingerprint density at radius 1 is 0.432 bits per heavy atom. The molecule has 5 N–H and O–H groups in total. The van der Waals surface area contributed by atoms with Crippen LogP contribution in [0.3, 0.4) is 0 Å². The normalized spacial score (nSPS) is 26.5. The van der Waals surface area contributed by atoms with Crippen molar-refractivity contribution in [3.63, 3.8) is 0 Å². The Labute approximate surface area is 527 Å². The van der Waals surface area contributed by atoms with Crippen LogP contribution in [0, 0.1) is 47.3 Å². The van der Waals surface area contributed by atoms with E-state index in [0.717, 1.165) is 9.80 Å². The first-order chi connectivity index (χ1) is 40.6. The number of allylic oxidation sites excluding steroid dienone is 2. The molecule has 504 valence electrons. The number of carbonyl (C=O) groups is 11. The quantitative estimate of drug-likeness (QED) is 0.128. The van der Waals surface area contributed by atoms with Gasteiger partial charge in [0.2, 0.25) is 65.0 Å². The first-order valence-corrected chi connectivity index (χ1v) is 32.0. The molecule has 11 amide bonds. The summed E-state index contributed by atoms with van der Waals surface area (Å²) in [5.74, 6) is -9.76. The van der Waals surface area contributed by atoms with Crippen molar-refractivity contribution in [2.45, 2.75) is 236 Å². The van der Waals surface area contributed by atoms with E-state index in [9.17, 15) is 43.5 Å². The third-order valence-electron chi connectivity index (χ3n) is 16.6. The average Bonchev–Trinajstić information content (AvgIpc) is 1.34. The van der Waals surface area contributed by atoms with Gasteiger partial charge in [-0.05, 0) is 106 Å². The van der Waals surface area contributed by atoms with Gasteiger partial charge >= 0.3 is 0 Å². The molecule has 0 aromatic rings. The van der Waals surface area contributed by atoms with Crippen molar-refractivity contribution in [2.24, 2.45) is 47.3 Å². The van der Waals surface area contributed by atoms with Gasteiger partial charge in [0.05, 0.1) is 12.6 Å². The van der Waals surface area contributed by atoms with Crippen LogP contribution >= 0.6 is 0 Å². The van der Waals surface area contributed by atoms with Crippen LogP contribution in [-0.2, 0) is 52.7 Å². The second kappa shape index (κ2) is 36.5. The van der Waals surface area contributed by atoms with Crippen molar-refractivity contribution in [1.82, 2.24) is 55.6 Å². The lowest BCUT2D eigenvalue weighted by atomic mass is 9.91. The van der Waals surface area contributed by atoms with Gasteiger partial charge in [0, 0.05) is 49.3 Å². The maximum Gasteiger partial charge on any atom is 0.246 e. The standard InChI is InChI=1S/C65H117N11O12/c1-26-28-29-43(17)55(78)54-59(82)67-45(27-2)61(84)70(19)35-51(77)74(23)52(41(13)14)58(81)69-47(31-37(5)6)62(85)71(20)48(32-38(7)8)57(80)68-46(30-36(3)4)56(79)66-44(18)60(83)72(21)49(33-39(9)10)63(86)73(22)50(34-40(11)12)64(87)75(24)53(42(15)16)65(88)76(54)25/h26,28,36-50,52-55,78H,27,29-35H2,1-25H3,(H,66,79)(H,67,82)(H,68,80)(H,69,81)/b28-26+/t43-,44-,45+,46+,47+,48+,49+,50+,52-,53+,54+,55-/m1/s1. The highest BCUT2D eigenvalue weighted by atomic mass is 16.3. The minimum atomic E-state index is -1.61. The molecule has 23 heteroatoms.